The van der Waals surface area contributed by atoms with Crippen LogP contribution in [0.1, 0.15) is 37.3 Å². The van der Waals surface area contributed by atoms with Gasteiger partial charge in [0.25, 0.3) is 0 Å². The van der Waals surface area contributed by atoms with Gasteiger partial charge in [0.1, 0.15) is 5.78 Å². The van der Waals surface area contributed by atoms with Gasteiger partial charge in [0, 0.05) is 49.2 Å². The fourth-order valence-electron chi connectivity index (χ4n) is 4.00. The highest BCUT2D eigenvalue weighted by Crippen LogP contribution is 2.30. The Bertz CT molecular complexity index is 860. The van der Waals surface area contributed by atoms with Crippen LogP contribution < -0.4 is 0 Å². The molecule has 160 valence electrons. The Morgan fingerprint density at radius 2 is 1.43 bits per heavy atom. The predicted molar refractivity (Wildman–Crippen MR) is 122 cm³/mol. The Balaban J connectivity index is 1.63. The molecule has 3 rings (SSSR count). The zero-order chi connectivity index (χ0) is 21.7. The van der Waals surface area contributed by atoms with Crippen LogP contribution in [0.15, 0.2) is 48.5 Å². The summed E-state index contributed by atoms with van der Waals surface area (Å²) in [7, 11) is 0. The van der Waals surface area contributed by atoms with Crippen molar-refractivity contribution in [1.29, 1.82) is 0 Å². The standard InChI is InChI=1S/C24H28Cl2N2O2/c1-17(29)15-23(18(2)20-5-9-22(26)10-6-20)24(30)28-13-11-27(12-14-28)16-19-3-7-21(25)8-4-19/h3-10,18,23H,11-16H2,1-2H3/t18-,23+/m1/s1. The van der Waals surface area contributed by atoms with E-state index >= 15 is 0 Å². The number of ketones is 1. The quantitative estimate of drug-likeness (QED) is 0.598. The second-order valence-corrected chi connectivity index (χ2v) is 8.95. The molecule has 0 spiro atoms. The van der Waals surface area contributed by atoms with Crippen LogP contribution >= 0.6 is 23.2 Å². The Morgan fingerprint density at radius 1 is 0.900 bits per heavy atom. The van der Waals surface area contributed by atoms with E-state index in [2.05, 4.69) is 4.90 Å². The van der Waals surface area contributed by atoms with Crippen molar-refractivity contribution in [1.82, 2.24) is 9.80 Å². The molecule has 30 heavy (non-hydrogen) atoms. The van der Waals surface area contributed by atoms with Crippen molar-refractivity contribution >= 4 is 34.9 Å². The summed E-state index contributed by atoms with van der Waals surface area (Å²) in [6, 6.07) is 15.4. The number of hydrogen-bond donors (Lipinski definition) is 0. The van der Waals surface area contributed by atoms with Crippen LogP contribution in [-0.4, -0.2) is 47.7 Å². The third kappa shape index (κ3) is 6.07. The molecular formula is C24H28Cl2N2O2. The summed E-state index contributed by atoms with van der Waals surface area (Å²) in [6.45, 7) is 7.40. The van der Waals surface area contributed by atoms with Gasteiger partial charge >= 0.3 is 0 Å². The van der Waals surface area contributed by atoms with Crippen LogP contribution in [0.2, 0.25) is 10.0 Å². The lowest BCUT2D eigenvalue weighted by Crippen LogP contribution is -2.50. The number of hydrogen-bond acceptors (Lipinski definition) is 3. The molecule has 1 saturated heterocycles. The highest BCUT2D eigenvalue weighted by Gasteiger charge is 2.32. The Labute approximate surface area is 188 Å². The SMILES string of the molecule is CC(=O)C[C@H](C(=O)N1CCN(Cc2ccc(Cl)cc2)CC1)[C@H](C)c1ccc(Cl)cc1. The minimum Gasteiger partial charge on any atom is -0.340 e. The van der Waals surface area contributed by atoms with Gasteiger partial charge in [0.05, 0.1) is 5.92 Å². The van der Waals surface area contributed by atoms with Gasteiger partial charge in [-0.15, -0.1) is 0 Å². The Morgan fingerprint density at radius 3 is 1.97 bits per heavy atom. The van der Waals surface area contributed by atoms with Crippen LogP contribution in [0.3, 0.4) is 0 Å². The Kier molecular flexibility index (Phi) is 7.93. The molecule has 0 N–H and O–H groups in total. The first kappa shape index (κ1) is 22.8. The van der Waals surface area contributed by atoms with Crippen molar-refractivity contribution in [2.75, 3.05) is 26.2 Å². The van der Waals surface area contributed by atoms with Crippen molar-refractivity contribution < 1.29 is 9.59 Å². The van der Waals surface area contributed by atoms with Gasteiger partial charge in [-0.05, 0) is 48.2 Å². The van der Waals surface area contributed by atoms with E-state index in [0.717, 1.165) is 30.2 Å². The molecular weight excluding hydrogens is 419 g/mol. The van der Waals surface area contributed by atoms with Gasteiger partial charge in [-0.25, -0.2) is 0 Å². The van der Waals surface area contributed by atoms with Crippen molar-refractivity contribution in [2.24, 2.45) is 5.92 Å². The van der Waals surface area contributed by atoms with Crippen LogP contribution in [0.4, 0.5) is 0 Å². The maximum atomic E-state index is 13.3. The minimum absolute atomic E-state index is 0.0375. The summed E-state index contributed by atoms with van der Waals surface area (Å²) < 4.78 is 0. The highest BCUT2D eigenvalue weighted by atomic mass is 35.5. The molecule has 2 aromatic carbocycles. The second-order valence-electron chi connectivity index (χ2n) is 8.08. The number of Topliss-reactive ketones (excluding diaryl/α,β-unsaturated/α-hetero) is 1. The first-order valence-electron chi connectivity index (χ1n) is 10.3. The summed E-state index contributed by atoms with van der Waals surface area (Å²) in [5.74, 6) is -0.299. The first-order chi connectivity index (χ1) is 14.3. The van der Waals surface area contributed by atoms with Crippen LogP contribution in [-0.2, 0) is 16.1 Å². The van der Waals surface area contributed by atoms with Gasteiger partial charge in [-0.1, -0.05) is 54.4 Å². The molecule has 1 heterocycles. The first-order valence-corrected chi connectivity index (χ1v) is 11.1. The number of nitrogens with zero attached hydrogens (tertiary/aromatic N) is 2. The minimum atomic E-state index is -0.355. The normalized spacial score (nSPS) is 16.9. The highest BCUT2D eigenvalue weighted by molar-refractivity contribution is 6.30. The van der Waals surface area contributed by atoms with Crippen molar-refractivity contribution in [3.05, 3.63) is 69.7 Å². The molecule has 1 amide bonds. The molecule has 0 aromatic heterocycles. The third-order valence-corrected chi connectivity index (χ3v) is 6.33. The summed E-state index contributed by atoms with van der Waals surface area (Å²) >= 11 is 12.0. The zero-order valence-electron chi connectivity index (χ0n) is 17.5. The Hall–Kier alpha value is -1.88. The van der Waals surface area contributed by atoms with E-state index in [4.69, 9.17) is 23.2 Å². The van der Waals surface area contributed by atoms with Gasteiger partial charge < -0.3 is 9.69 Å². The molecule has 6 heteroatoms. The molecule has 1 aliphatic rings. The molecule has 4 nitrogen and oxygen atoms in total. The molecule has 1 fully saturated rings. The predicted octanol–water partition coefficient (Wildman–Crippen LogP) is 5.04. The van der Waals surface area contributed by atoms with Gasteiger partial charge in [-0.3, -0.25) is 9.69 Å². The summed E-state index contributed by atoms with van der Waals surface area (Å²) in [5.41, 5.74) is 2.24. The average Bonchev–Trinajstić information content (AvgIpc) is 2.74. The van der Waals surface area contributed by atoms with Crippen LogP contribution in [0.5, 0.6) is 0 Å². The van der Waals surface area contributed by atoms with E-state index in [1.54, 1.807) is 6.92 Å². The van der Waals surface area contributed by atoms with Gasteiger partial charge in [0.2, 0.25) is 5.91 Å². The molecule has 0 bridgehead atoms. The molecule has 0 radical (unpaired) electrons. The lowest BCUT2D eigenvalue weighted by Gasteiger charge is -2.37. The zero-order valence-corrected chi connectivity index (χ0v) is 19.0. The number of halogens is 2. The van der Waals surface area contributed by atoms with Crippen LogP contribution in [0, 0.1) is 5.92 Å². The monoisotopic (exact) mass is 446 g/mol. The van der Waals surface area contributed by atoms with E-state index in [9.17, 15) is 9.59 Å². The molecule has 2 aromatic rings. The maximum Gasteiger partial charge on any atom is 0.226 e. The molecule has 0 saturated carbocycles. The van der Waals surface area contributed by atoms with E-state index in [-0.39, 0.29) is 29.9 Å². The fourth-order valence-corrected chi connectivity index (χ4v) is 4.25. The van der Waals surface area contributed by atoms with E-state index in [1.165, 1.54) is 5.56 Å². The topological polar surface area (TPSA) is 40.6 Å². The summed E-state index contributed by atoms with van der Waals surface area (Å²) in [5, 5.41) is 1.40. The van der Waals surface area contributed by atoms with Crippen molar-refractivity contribution in [3.8, 4) is 0 Å². The number of amides is 1. The lowest BCUT2D eigenvalue weighted by molar-refractivity contribution is -0.140. The number of piperazine rings is 1. The third-order valence-electron chi connectivity index (χ3n) is 5.83. The largest absolute Gasteiger partial charge is 0.340 e. The second kappa shape index (κ2) is 10.4. The van der Waals surface area contributed by atoms with E-state index in [0.29, 0.717) is 18.1 Å². The van der Waals surface area contributed by atoms with Crippen molar-refractivity contribution in [2.45, 2.75) is 32.7 Å². The van der Waals surface area contributed by atoms with E-state index in [1.807, 2.05) is 60.4 Å². The lowest BCUT2D eigenvalue weighted by atomic mass is 9.83. The summed E-state index contributed by atoms with van der Waals surface area (Å²) in [6.07, 6.45) is 0.258. The fraction of sp³-hybridized carbons (Fsp3) is 0.417. The van der Waals surface area contributed by atoms with Crippen LogP contribution in [0.25, 0.3) is 0 Å². The smallest absolute Gasteiger partial charge is 0.226 e. The number of benzene rings is 2. The maximum absolute atomic E-state index is 13.3. The molecule has 1 aliphatic heterocycles. The number of carbonyl (C=O) groups excluding carboxylic acids is 2. The summed E-state index contributed by atoms with van der Waals surface area (Å²) in [4.78, 5) is 29.5. The van der Waals surface area contributed by atoms with Gasteiger partial charge in [0.15, 0.2) is 0 Å². The average molecular weight is 447 g/mol. The molecule has 0 unspecified atom stereocenters. The molecule has 0 aliphatic carbocycles. The van der Waals surface area contributed by atoms with Crippen molar-refractivity contribution in [3.63, 3.8) is 0 Å². The van der Waals surface area contributed by atoms with E-state index < -0.39 is 0 Å². The van der Waals surface area contributed by atoms with Gasteiger partial charge in [-0.2, -0.15) is 0 Å². The molecule has 2 atom stereocenters. The number of carbonyl (C=O) groups is 2. The number of rotatable bonds is 7.